The van der Waals surface area contributed by atoms with E-state index in [0.717, 1.165) is 23.9 Å². The summed E-state index contributed by atoms with van der Waals surface area (Å²) in [5, 5.41) is 10.3. The van der Waals surface area contributed by atoms with Crippen molar-refractivity contribution in [3.63, 3.8) is 0 Å². The largest absolute Gasteiger partial charge is 0.465 e. The van der Waals surface area contributed by atoms with Crippen molar-refractivity contribution in [1.82, 2.24) is 14.9 Å². The van der Waals surface area contributed by atoms with E-state index in [1.165, 1.54) is 10.5 Å². The first-order valence-corrected chi connectivity index (χ1v) is 6.58. The van der Waals surface area contributed by atoms with Crippen molar-refractivity contribution in [2.45, 2.75) is 31.7 Å². The Bertz CT molecular complexity index is 608. The normalized spacial score (nSPS) is 23.7. The molecule has 3 rings (SSSR count). The Morgan fingerprint density at radius 2 is 2.42 bits per heavy atom. The van der Waals surface area contributed by atoms with Crippen LogP contribution in [0.2, 0.25) is 0 Å². The zero-order valence-electron chi connectivity index (χ0n) is 10.8. The fourth-order valence-corrected chi connectivity index (χ4v) is 3.05. The number of nitrogens with one attached hydrogen (secondary N) is 1. The van der Waals surface area contributed by atoms with E-state index in [1.54, 1.807) is 6.20 Å². The third-order valence-corrected chi connectivity index (χ3v) is 4.04. The molecule has 0 saturated carbocycles. The first kappa shape index (κ1) is 12.0. The van der Waals surface area contributed by atoms with Gasteiger partial charge in [-0.05, 0) is 43.4 Å². The smallest absolute Gasteiger partial charge is 0.407 e. The minimum Gasteiger partial charge on any atom is -0.465 e. The van der Waals surface area contributed by atoms with E-state index in [1.807, 2.05) is 19.2 Å². The van der Waals surface area contributed by atoms with E-state index < -0.39 is 6.09 Å². The molecular formula is C14H17N3O2. The van der Waals surface area contributed by atoms with Gasteiger partial charge in [0.15, 0.2) is 0 Å². The molecule has 0 aliphatic carbocycles. The number of likely N-dealkylation sites (tertiary alicyclic amines) is 1. The van der Waals surface area contributed by atoms with Gasteiger partial charge in [-0.2, -0.15) is 0 Å². The first-order valence-electron chi connectivity index (χ1n) is 6.58. The van der Waals surface area contributed by atoms with E-state index in [9.17, 15) is 4.79 Å². The molecule has 0 bridgehead atoms. The van der Waals surface area contributed by atoms with Gasteiger partial charge in [-0.15, -0.1) is 0 Å². The van der Waals surface area contributed by atoms with E-state index in [4.69, 9.17) is 5.11 Å². The minimum atomic E-state index is -0.813. The SMILES string of the molecule is CC1CC(c2c[nH]c3ncccc23)CCN1C(=O)O. The van der Waals surface area contributed by atoms with Crippen LogP contribution in [-0.2, 0) is 0 Å². The summed E-state index contributed by atoms with van der Waals surface area (Å²) >= 11 is 0. The Balaban J connectivity index is 1.86. The molecule has 2 aromatic heterocycles. The molecule has 2 aromatic rings. The highest BCUT2D eigenvalue weighted by molar-refractivity contribution is 5.80. The number of carbonyl (C=O) groups is 1. The van der Waals surface area contributed by atoms with Gasteiger partial charge in [-0.1, -0.05) is 0 Å². The maximum atomic E-state index is 11.1. The lowest BCUT2D eigenvalue weighted by molar-refractivity contribution is 0.107. The molecule has 2 N–H and O–H groups in total. The van der Waals surface area contributed by atoms with Gasteiger partial charge in [-0.25, -0.2) is 9.78 Å². The molecule has 100 valence electrons. The number of pyridine rings is 1. The summed E-state index contributed by atoms with van der Waals surface area (Å²) in [6.45, 7) is 2.58. The van der Waals surface area contributed by atoms with Crippen molar-refractivity contribution in [2.24, 2.45) is 0 Å². The van der Waals surface area contributed by atoms with Gasteiger partial charge in [0.25, 0.3) is 0 Å². The van der Waals surface area contributed by atoms with Crippen LogP contribution < -0.4 is 0 Å². The zero-order chi connectivity index (χ0) is 13.4. The average molecular weight is 259 g/mol. The fourth-order valence-electron chi connectivity index (χ4n) is 3.05. The predicted octanol–water partition coefficient (Wildman–Crippen LogP) is 2.81. The van der Waals surface area contributed by atoms with Crippen molar-refractivity contribution in [3.8, 4) is 0 Å². The molecule has 0 aromatic carbocycles. The second kappa shape index (κ2) is 4.57. The number of nitrogens with zero attached hydrogens (tertiary/aromatic N) is 2. The van der Waals surface area contributed by atoms with Crippen molar-refractivity contribution >= 4 is 17.1 Å². The number of aromatic nitrogens is 2. The van der Waals surface area contributed by atoms with Gasteiger partial charge in [0, 0.05) is 30.4 Å². The lowest BCUT2D eigenvalue weighted by atomic mass is 9.86. The Hall–Kier alpha value is -2.04. The van der Waals surface area contributed by atoms with Crippen LogP contribution in [-0.4, -0.2) is 38.7 Å². The van der Waals surface area contributed by atoms with Gasteiger partial charge in [-0.3, -0.25) is 0 Å². The van der Waals surface area contributed by atoms with Crippen molar-refractivity contribution in [1.29, 1.82) is 0 Å². The van der Waals surface area contributed by atoms with Crippen LogP contribution >= 0.6 is 0 Å². The molecule has 5 heteroatoms. The Morgan fingerprint density at radius 1 is 1.58 bits per heavy atom. The van der Waals surface area contributed by atoms with Crippen LogP contribution in [0.15, 0.2) is 24.5 Å². The van der Waals surface area contributed by atoms with Crippen molar-refractivity contribution < 1.29 is 9.90 Å². The number of hydrogen-bond donors (Lipinski definition) is 2. The van der Waals surface area contributed by atoms with Crippen LogP contribution in [0.25, 0.3) is 11.0 Å². The molecule has 1 aliphatic heterocycles. The minimum absolute atomic E-state index is 0.0675. The number of fused-ring (bicyclic) bond motifs is 1. The fraction of sp³-hybridized carbons (Fsp3) is 0.429. The average Bonchev–Trinajstić information content (AvgIpc) is 2.82. The second-order valence-electron chi connectivity index (χ2n) is 5.19. The van der Waals surface area contributed by atoms with E-state index >= 15 is 0 Å². The highest BCUT2D eigenvalue weighted by Gasteiger charge is 2.30. The maximum absolute atomic E-state index is 11.1. The summed E-state index contributed by atoms with van der Waals surface area (Å²) < 4.78 is 0. The highest BCUT2D eigenvalue weighted by Crippen LogP contribution is 2.34. The molecule has 2 unspecified atom stereocenters. The van der Waals surface area contributed by atoms with Gasteiger partial charge in [0.05, 0.1) is 0 Å². The maximum Gasteiger partial charge on any atom is 0.407 e. The van der Waals surface area contributed by atoms with Crippen molar-refractivity contribution in [2.75, 3.05) is 6.54 Å². The summed E-state index contributed by atoms with van der Waals surface area (Å²) in [4.78, 5) is 20.1. The van der Waals surface area contributed by atoms with Gasteiger partial charge >= 0.3 is 6.09 Å². The Labute approximate surface area is 111 Å². The van der Waals surface area contributed by atoms with E-state index in [2.05, 4.69) is 16.0 Å². The van der Waals surface area contributed by atoms with Crippen LogP contribution in [0.5, 0.6) is 0 Å². The molecule has 0 spiro atoms. The van der Waals surface area contributed by atoms with E-state index in [0.29, 0.717) is 12.5 Å². The number of aromatic amines is 1. The summed E-state index contributed by atoms with van der Waals surface area (Å²) in [7, 11) is 0. The molecular weight excluding hydrogens is 242 g/mol. The number of rotatable bonds is 1. The van der Waals surface area contributed by atoms with E-state index in [-0.39, 0.29) is 6.04 Å². The molecule has 19 heavy (non-hydrogen) atoms. The second-order valence-corrected chi connectivity index (χ2v) is 5.19. The number of piperidine rings is 1. The van der Waals surface area contributed by atoms with Gasteiger partial charge in [0.2, 0.25) is 0 Å². The molecule has 3 heterocycles. The number of hydrogen-bond acceptors (Lipinski definition) is 2. The molecule has 1 saturated heterocycles. The van der Waals surface area contributed by atoms with Crippen LogP contribution in [0.4, 0.5) is 4.79 Å². The molecule has 0 radical (unpaired) electrons. The standard InChI is InChI=1S/C14H17N3O2/c1-9-7-10(4-6-17(9)14(18)19)12-8-16-13-11(12)3-2-5-15-13/h2-3,5,8-10H,4,6-7H2,1H3,(H,15,16)(H,18,19). The number of H-pyrrole nitrogens is 1. The monoisotopic (exact) mass is 259 g/mol. The zero-order valence-corrected chi connectivity index (χ0v) is 10.8. The molecule has 5 nitrogen and oxygen atoms in total. The Morgan fingerprint density at radius 3 is 3.16 bits per heavy atom. The van der Waals surface area contributed by atoms with Gasteiger partial charge < -0.3 is 15.0 Å². The van der Waals surface area contributed by atoms with Gasteiger partial charge in [0.1, 0.15) is 5.65 Å². The predicted molar refractivity (Wildman–Crippen MR) is 72.3 cm³/mol. The number of amides is 1. The summed E-state index contributed by atoms with van der Waals surface area (Å²) in [5.74, 6) is 0.406. The summed E-state index contributed by atoms with van der Waals surface area (Å²) in [6, 6.07) is 4.08. The topological polar surface area (TPSA) is 69.2 Å². The van der Waals surface area contributed by atoms with Crippen molar-refractivity contribution in [3.05, 3.63) is 30.1 Å². The first-order chi connectivity index (χ1) is 9.16. The molecule has 1 aliphatic rings. The molecule has 2 atom stereocenters. The molecule has 1 fully saturated rings. The summed E-state index contributed by atoms with van der Waals surface area (Å²) in [6.07, 6.45) is 4.72. The van der Waals surface area contributed by atoms with Crippen LogP contribution in [0, 0.1) is 0 Å². The number of carboxylic acid groups (broad SMARTS) is 1. The lowest BCUT2D eigenvalue weighted by Gasteiger charge is -2.35. The van der Waals surface area contributed by atoms with Crippen LogP contribution in [0.1, 0.15) is 31.2 Å². The third-order valence-electron chi connectivity index (χ3n) is 4.04. The lowest BCUT2D eigenvalue weighted by Crippen LogP contribution is -2.43. The third kappa shape index (κ3) is 2.05. The molecule has 1 amide bonds. The quantitative estimate of drug-likeness (QED) is 0.827. The Kier molecular flexibility index (Phi) is 2.89. The van der Waals surface area contributed by atoms with Crippen LogP contribution in [0.3, 0.4) is 0 Å². The summed E-state index contributed by atoms with van der Waals surface area (Å²) in [5.41, 5.74) is 2.17. The highest BCUT2D eigenvalue weighted by atomic mass is 16.4.